The van der Waals surface area contributed by atoms with Crippen LogP contribution >= 0.6 is 11.3 Å². The van der Waals surface area contributed by atoms with Gasteiger partial charge in [0.05, 0.1) is 0 Å². The second-order valence-corrected chi connectivity index (χ2v) is 18.8. The van der Waals surface area contributed by atoms with Crippen molar-refractivity contribution >= 4 is 83.4 Å². The van der Waals surface area contributed by atoms with E-state index < -0.39 is 8.07 Å². The first-order valence-electron chi connectivity index (χ1n) is 18.2. The summed E-state index contributed by atoms with van der Waals surface area (Å²) in [6.07, 6.45) is 0.995. The molecule has 1 aromatic heterocycles. The molecule has 10 rings (SSSR count). The second-order valence-electron chi connectivity index (χ2n) is 14.0. The molecule has 52 heavy (non-hydrogen) atoms. The summed E-state index contributed by atoms with van der Waals surface area (Å²) in [4.78, 5) is 0. The Hall–Kier alpha value is -5.74. The monoisotopic (exact) mass is 694 g/mol. The van der Waals surface area contributed by atoms with Gasteiger partial charge in [0.1, 0.15) is 0 Å². The average Bonchev–Trinajstić information content (AvgIpc) is 3.60. The Morgan fingerprint density at radius 3 is 1.60 bits per heavy atom. The lowest BCUT2D eigenvalue weighted by Gasteiger charge is -2.34. The summed E-state index contributed by atoms with van der Waals surface area (Å²) in [5.74, 6) is 0. The quantitative estimate of drug-likeness (QED) is 0.125. The van der Waals surface area contributed by atoms with Crippen LogP contribution in [-0.2, 0) is 6.42 Å². The van der Waals surface area contributed by atoms with Crippen LogP contribution in [0.25, 0.3) is 31.3 Å². The smallest absolute Gasteiger partial charge is 0.135 e. The van der Waals surface area contributed by atoms with Crippen LogP contribution in [0.2, 0.25) is 0 Å². The molecule has 0 saturated carbocycles. The highest BCUT2D eigenvalue weighted by Gasteiger charge is 2.41. The largest absolute Gasteiger partial charge is 0.241 e. The zero-order valence-electron chi connectivity index (χ0n) is 28.7. The van der Waals surface area contributed by atoms with E-state index in [1.807, 2.05) is 11.3 Å². The predicted molar refractivity (Wildman–Crippen MR) is 229 cm³/mol. The summed E-state index contributed by atoms with van der Waals surface area (Å²) < 4.78 is 2.68. The Morgan fingerprint density at radius 1 is 0.423 bits per heavy atom. The summed E-state index contributed by atoms with van der Waals surface area (Å²) in [6.45, 7) is 0.220. The Labute approximate surface area is 310 Å². The average molecular weight is 695 g/mol. The molecule has 0 unspecified atom stereocenters. The molecule has 2 heterocycles. The van der Waals surface area contributed by atoms with Crippen molar-refractivity contribution in [1.29, 1.82) is 0 Å². The van der Waals surface area contributed by atoms with Crippen molar-refractivity contribution in [1.82, 2.24) is 0 Å². The van der Waals surface area contributed by atoms with Gasteiger partial charge in [0.2, 0.25) is 6.71 Å². The lowest BCUT2D eigenvalue weighted by atomic mass is 9.33. The van der Waals surface area contributed by atoms with Crippen molar-refractivity contribution in [3.8, 4) is 11.1 Å². The van der Waals surface area contributed by atoms with Crippen LogP contribution in [-0.4, -0.2) is 14.8 Å². The molecular weight excluding hydrogens is 660 g/mol. The first-order valence-corrected chi connectivity index (χ1v) is 21.0. The van der Waals surface area contributed by atoms with Gasteiger partial charge in [-0.3, -0.25) is 0 Å². The maximum absolute atomic E-state index is 2.64. The predicted octanol–water partition coefficient (Wildman–Crippen LogP) is 7.52. The van der Waals surface area contributed by atoms with Crippen LogP contribution in [0.15, 0.2) is 200 Å². The van der Waals surface area contributed by atoms with Gasteiger partial charge in [-0.15, -0.1) is 11.3 Å². The second kappa shape index (κ2) is 12.8. The molecule has 1 aliphatic heterocycles. The van der Waals surface area contributed by atoms with E-state index in [9.17, 15) is 0 Å². The molecule has 0 spiro atoms. The molecule has 1 aliphatic rings. The van der Waals surface area contributed by atoms with Crippen LogP contribution in [0.5, 0.6) is 0 Å². The zero-order chi connectivity index (χ0) is 34.5. The van der Waals surface area contributed by atoms with E-state index >= 15 is 0 Å². The van der Waals surface area contributed by atoms with E-state index in [1.54, 1.807) is 0 Å². The Balaban J connectivity index is 1.16. The summed E-state index contributed by atoms with van der Waals surface area (Å²) in [5, 5.41) is 8.27. The van der Waals surface area contributed by atoms with Crippen LogP contribution in [0.1, 0.15) is 11.1 Å². The molecule has 244 valence electrons. The molecule has 0 fully saturated rings. The fourth-order valence-corrected chi connectivity index (χ4v) is 14.9. The normalized spacial score (nSPS) is 12.5. The van der Waals surface area contributed by atoms with E-state index in [0.717, 1.165) is 6.42 Å². The minimum Gasteiger partial charge on any atom is -0.135 e. The Morgan fingerprint density at radius 2 is 0.981 bits per heavy atom. The number of benzene rings is 8. The van der Waals surface area contributed by atoms with Gasteiger partial charge < -0.3 is 0 Å². The van der Waals surface area contributed by atoms with E-state index in [1.165, 1.54) is 79.6 Å². The van der Waals surface area contributed by atoms with Crippen LogP contribution < -0.4 is 37.1 Å². The number of rotatable bonds is 6. The number of hydrogen-bond donors (Lipinski definition) is 0. The Bertz CT molecular complexity index is 2580. The van der Waals surface area contributed by atoms with Crippen molar-refractivity contribution in [3.05, 3.63) is 211 Å². The maximum atomic E-state index is 2.53. The Kier molecular flexibility index (Phi) is 7.63. The lowest BCUT2D eigenvalue weighted by molar-refractivity contribution is 1.21. The molecule has 0 atom stereocenters. The third-order valence-corrected chi connectivity index (χ3v) is 17.2. The third kappa shape index (κ3) is 4.96. The summed E-state index contributed by atoms with van der Waals surface area (Å²) in [5.41, 5.74) is 9.64. The molecule has 0 bridgehead atoms. The van der Waals surface area contributed by atoms with Gasteiger partial charge in [0, 0.05) is 20.2 Å². The van der Waals surface area contributed by atoms with Crippen molar-refractivity contribution in [2.24, 2.45) is 0 Å². The highest BCUT2D eigenvalue weighted by Crippen LogP contribution is 2.39. The highest BCUT2D eigenvalue weighted by molar-refractivity contribution is 7.26. The fourth-order valence-electron chi connectivity index (χ4n) is 8.89. The zero-order valence-corrected chi connectivity index (χ0v) is 30.6. The van der Waals surface area contributed by atoms with Gasteiger partial charge in [-0.2, -0.15) is 0 Å². The van der Waals surface area contributed by atoms with Gasteiger partial charge in [-0.1, -0.05) is 211 Å². The lowest BCUT2D eigenvalue weighted by Crippen LogP contribution is -2.74. The van der Waals surface area contributed by atoms with E-state index in [4.69, 9.17) is 0 Å². The highest BCUT2D eigenvalue weighted by atomic mass is 32.1. The number of thiophene rings is 1. The number of hydrogen-bond acceptors (Lipinski definition) is 1. The first kappa shape index (κ1) is 31.0. The topological polar surface area (TPSA) is 0 Å². The summed E-state index contributed by atoms with van der Waals surface area (Å²) >= 11 is 1.92. The molecule has 3 heteroatoms. The van der Waals surface area contributed by atoms with Crippen molar-refractivity contribution in [3.63, 3.8) is 0 Å². The van der Waals surface area contributed by atoms with Crippen LogP contribution in [0.4, 0.5) is 0 Å². The molecule has 0 N–H and O–H groups in total. The van der Waals surface area contributed by atoms with Crippen molar-refractivity contribution < 1.29 is 0 Å². The van der Waals surface area contributed by atoms with E-state index in [2.05, 4.69) is 200 Å². The SMILES string of the molecule is c1ccc([Si](c2ccccc2)(c2ccccc2)c2ccc3sc4c(-c5cccc(B6c7ccccc7Cc7ccccc76)c5)cccc4c3c2)cc1. The van der Waals surface area contributed by atoms with E-state index in [-0.39, 0.29) is 6.71 Å². The van der Waals surface area contributed by atoms with Gasteiger partial charge >= 0.3 is 0 Å². The van der Waals surface area contributed by atoms with Gasteiger partial charge in [0.15, 0.2) is 8.07 Å². The molecule has 0 saturated heterocycles. The van der Waals surface area contributed by atoms with Crippen molar-refractivity contribution in [2.45, 2.75) is 6.42 Å². The molecule has 8 aromatic carbocycles. The standard InChI is InChI=1S/C49H35BSSi/c1-4-20-39(21-5-1)52(40-22-6-2-7-23-40,41-24-8-3-9-25-41)42-30-31-48-45(34-42)44-27-15-26-43(49(44)51-48)35-18-14-19-38(33-35)50-46-28-12-10-16-36(46)32-37-17-11-13-29-47(37)50/h1-31,33-34H,32H2. The third-order valence-electron chi connectivity index (χ3n) is 11.2. The number of fused-ring (bicyclic) bond motifs is 5. The molecule has 9 aromatic rings. The van der Waals surface area contributed by atoms with E-state index in [0.29, 0.717) is 0 Å². The molecule has 0 nitrogen and oxygen atoms in total. The molecule has 0 aliphatic carbocycles. The van der Waals surface area contributed by atoms with Gasteiger partial charge in [-0.25, -0.2) is 0 Å². The first-order chi connectivity index (χ1) is 25.8. The fraction of sp³-hybridized carbons (Fsp3) is 0.0204. The van der Waals surface area contributed by atoms with Gasteiger partial charge in [0.25, 0.3) is 0 Å². The molecule has 0 radical (unpaired) electrons. The minimum absolute atomic E-state index is 0.220. The molecule has 0 amide bonds. The summed E-state index contributed by atoms with van der Waals surface area (Å²) in [6, 6.07) is 75.3. The molecular formula is C49H35BSSi. The van der Waals surface area contributed by atoms with Crippen LogP contribution in [0.3, 0.4) is 0 Å². The van der Waals surface area contributed by atoms with Crippen LogP contribution in [0, 0.1) is 0 Å². The van der Waals surface area contributed by atoms with Crippen molar-refractivity contribution in [2.75, 3.05) is 0 Å². The van der Waals surface area contributed by atoms with Gasteiger partial charge in [-0.05, 0) is 55.5 Å². The summed E-state index contributed by atoms with van der Waals surface area (Å²) in [7, 11) is -2.64. The maximum Gasteiger partial charge on any atom is 0.241 e. The minimum atomic E-state index is -2.64.